The average molecular weight is 717 g/mol. The Balaban J connectivity index is -0.00000126. The van der Waals surface area contributed by atoms with Crippen LogP contribution in [0.3, 0.4) is 0 Å². The molecule has 0 unspecified atom stereocenters. The molecule has 0 aromatic rings. The Hall–Kier alpha value is 0.918. The summed E-state index contributed by atoms with van der Waals surface area (Å²) < 4.78 is 0. The molecule has 0 aliphatic rings. The van der Waals surface area contributed by atoms with Crippen molar-refractivity contribution in [3.8, 4) is 0 Å². The fourth-order valence-electron chi connectivity index (χ4n) is 5.03. The molecule has 0 amide bonds. The third-order valence-corrected chi connectivity index (χ3v) is 13.8. The van der Waals surface area contributed by atoms with Gasteiger partial charge in [-0.15, -0.1) is 6.54 Å². The van der Waals surface area contributed by atoms with E-state index < -0.39 is 7.26 Å². The van der Waals surface area contributed by atoms with Gasteiger partial charge in [-0.2, -0.15) is 0 Å². The predicted molar refractivity (Wildman–Crippen MR) is 172 cm³/mol. The van der Waals surface area contributed by atoms with Gasteiger partial charge in [0.1, 0.15) is 0 Å². The molecule has 228 valence electrons. The molecule has 0 aliphatic carbocycles. The summed E-state index contributed by atoms with van der Waals surface area (Å²) in [6.07, 6.45) is 5.94. The first-order valence-corrected chi connectivity index (χ1v) is 18.6. The second-order valence-electron chi connectivity index (χ2n) is 10.1. The van der Waals surface area contributed by atoms with Crippen LogP contribution in [0.4, 0.5) is 0 Å². The summed E-state index contributed by atoms with van der Waals surface area (Å²) in [6.45, 7) is 44.7. The van der Waals surface area contributed by atoms with Crippen LogP contribution in [0.15, 0.2) is 0 Å². The van der Waals surface area contributed by atoms with Crippen LogP contribution in [0.5, 0.6) is 0 Å². The zero-order chi connectivity index (χ0) is 27.8. The van der Waals surface area contributed by atoms with Crippen molar-refractivity contribution in [2.75, 3.05) is 123 Å². The minimum atomic E-state index is -1.34. The molecule has 7 heteroatoms. The van der Waals surface area contributed by atoms with E-state index in [-0.39, 0.29) is 21.1 Å². The van der Waals surface area contributed by atoms with E-state index in [1.807, 2.05) is 0 Å². The van der Waals surface area contributed by atoms with Crippen LogP contribution >= 0.6 is 7.26 Å². The van der Waals surface area contributed by atoms with Crippen LogP contribution in [0.25, 0.3) is 0 Å². The van der Waals surface area contributed by atoms with Gasteiger partial charge in [0.25, 0.3) is 0 Å². The Morgan fingerprint density at radius 2 is 0.568 bits per heavy atom. The molecule has 0 saturated carbocycles. The van der Waals surface area contributed by atoms with Gasteiger partial charge in [0.2, 0.25) is 0 Å². The molecular formula is C30H71N5PW-. The van der Waals surface area contributed by atoms with Crippen LogP contribution in [0, 0.1) is 6.92 Å². The van der Waals surface area contributed by atoms with E-state index in [0.717, 1.165) is 19.6 Å². The summed E-state index contributed by atoms with van der Waals surface area (Å²) in [5, 5.41) is 0. The average Bonchev–Trinajstić information content (AvgIpc) is 2.92. The second-order valence-corrected chi connectivity index (χ2v) is 15.1. The van der Waals surface area contributed by atoms with Gasteiger partial charge in [-0.05, 0) is 13.1 Å². The smallest absolute Gasteiger partial charge is 0 e. The fraction of sp³-hybridized carbons (Fsp3) is 0.967. The zero-order valence-electron chi connectivity index (χ0n) is 27.3. The largest absolute Gasteiger partial charge is 0.333 e. The first kappa shape index (κ1) is 42.4. The molecule has 0 spiro atoms. The van der Waals surface area contributed by atoms with Crippen molar-refractivity contribution in [3.05, 3.63) is 6.92 Å². The van der Waals surface area contributed by atoms with E-state index in [1.165, 1.54) is 103 Å². The van der Waals surface area contributed by atoms with Crippen LogP contribution in [0.2, 0.25) is 0 Å². The van der Waals surface area contributed by atoms with Crippen molar-refractivity contribution in [2.45, 2.75) is 69.2 Å². The van der Waals surface area contributed by atoms with E-state index in [2.05, 4.69) is 101 Å². The van der Waals surface area contributed by atoms with Gasteiger partial charge in [-0.1, -0.05) is 13.8 Å². The quantitative estimate of drug-likeness (QED) is 0.106. The molecule has 0 fully saturated rings. The second kappa shape index (κ2) is 28.4. The summed E-state index contributed by atoms with van der Waals surface area (Å²) in [5.74, 6) is 0. The third kappa shape index (κ3) is 20.4. The summed E-state index contributed by atoms with van der Waals surface area (Å²) in [5.41, 5.74) is 0. The van der Waals surface area contributed by atoms with Crippen molar-refractivity contribution < 1.29 is 21.1 Å². The molecule has 0 heterocycles. The molecule has 0 N–H and O–H groups in total. The molecule has 0 aromatic heterocycles. The molecule has 0 aromatic carbocycles. The molecule has 0 saturated heterocycles. The Morgan fingerprint density at radius 3 is 0.676 bits per heavy atom. The van der Waals surface area contributed by atoms with Crippen LogP contribution in [-0.4, -0.2) is 147 Å². The molecule has 37 heavy (non-hydrogen) atoms. The Morgan fingerprint density at radius 1 is 0.378 bits per heavy atom. The molecule has 0 aliphatic heterocycles. The third-order valence-electron chi connectivity index (χ3n) is 8.62. The molecule has 0 bridgehead atoms. The van der Waals surface area contributed by atoms with E-state index in [4.69, 9.17) is 0 Å². The maximum atomic E-state index is 3.75. The van der Waals surface area contributed by atoms with Crippen LogP contribution in [-0.2, 0) is 21.1 Å². The minimum Gasteiger partial charge on any atom is -0.333 e. The Bertz CT molecular complexity index is 363. The fourth-order valence-corrected chi connectivity index (χ4v) is 9.69. The van der Waals surface area contributed by atoms with E-state index in [1.54, 1.807) is 0 Å². The molecule has 5 nitrogen and oxygen atoms in total. The van der Waals surface area contributed by atoms with Gasteiger partial charge >= 0.3 is 185 Å². The van der Waals surface area contributed by atoms with Crippen molar-refractivity contribution in [3.63, 3.8) is 0 Å². The normalized spacial score (nSPS) is 12.4. The molecule has 0 radical (unpaired) electrons. The SMILES string of the molecule is CCN(CC)CC[PH](CCN(CC)CC)(CCN(CC)CC)CCN(CC)CC.[CH2-]CN(CC)CC.[W]. The van der Waals surface area contributed by atoms with Crippen molar-refractivity contribution in [2.24, 2.45) is 0 Å². The van der Waals surface area contributed by atoms with E-state index in [9.17, 15) is 0 Å². The standard InChI is InChI=1S/C24H57N4P.C6H14N.W/c1-9-25(10-2)17-21-29(22-18-26(11-3)12-4,23-19-27(13-5)14-6)24-20-28(15-7)16-8;1-4-7(5-2)6-3;/h29H,9-24H2,1-8H3;1,4-6H2,2-3H3;/q;-1;. The van der Waals surface area contributed by atoms with E-state index >= 15 is 0 Å². The van der Waals surface area contributed by atoms with Gasteiger partial charge in [0, 0.05) is 21.1 Å². The Labute approximate surface area is 251 Å². The number of nitrogens with zero attached hydrogens (tertiary/aromatic N) is 5. The topological polar surface area (TPSA) is 16.2 Å². The first-order chi connectivity index (χ1) is 17.3. The van der Waals surface area contributed by atoms with Crippen LogP contribution < -0.4 is 0 Å². The Kier molecular flexibility index (Phi) is 32.6. The van der Waals surface area contributed by atoms with Crippen LogP contribution in [0.1, 0.15) is 69.2 Å². The van der Waals surface area contributed by atoms with Crippen molar-refractivity contribution >= 4 is 7.26 Å². The number of hydrogen-bond donors (Lipinski definition) is 0. The minimum absolute atomic E-state index is 0. The predicted octanol–water partition coefficient (Wildman–Crippen LogP) is 5.26. The van der Waals surface area contributed by atoms with Gasteiger partial charge in [0.15, 0.2) is 0 Å². The van der Waals surface area contributed by atoms with Gasteiger partial charge in [-0.3, -0.25) is 0 Å². The molecular weight excluding hydrogens is 645 g/mol. The van der Waals surface area contributed by atoms with Gasteiger partial charge < -0.3 is 11.8 Å². The summed E-state index contributed by atoms with van der Waals surface area (Å²) >= 11 is 0. The number of hydrogen-bond acceptors (Lipinski definition) is 5. The summed E-state index contributed by atoms with van der Waals surface area (Å²) in [7, 11) is -1.34. The van der Waals surface area contributed by atoms with Crippen molar-refractivity contribution in [1.29, 1.82) is 0 Å². The van der Waals surface area contributed by atoms with Gasteiger partial charge in [-0.25, -0.2) is 0 Å². The summed E-state index contributed by atoms with van der Waals surface area (Å²) in [4.78, 5) is 12.9. The maximum absolute atomic E-state index is 3.75. The summed E-state index contributed by atoms with van der Waals surface area (Å²) in [6, 6.07) is 0. The number of rotatable bonds is 23. The monoisotopic (exact) mass is 716 g/mol. The maximum Gasteiger partial charge on any atom is 0 e. The van der Waals surface area contributed by atoms with Gasteiger partial charge in [0.05, 0.1) is 0 Å². The van der Waals surface area contributed by atoms with Crippen molar-refractivity contribution in [1.82, 2.24) is 24.5 Å². The zero-order valence-corrected chi connectivity index (χ0v) is 31.2. The molecule has 0 rings (SSSR count). The first-order valence-electron chi connectivity index (χ1n) is 15.7. The molecule has 0 atom stereocenters. The van der Waals surface area contributed by atoms with E-state index in [0.29, 0.717) is 0 Å².